The van der Waals surface area contributed by atoms with Gasteiger partial charge in [0.05, 0.1) is 6.61 Å². The molecule has 3 N–H and O–H groups in total. The first-order valence-electron chi connectivity index (χ1n) is 6.26. The van der Waals surface area contributed by atoms with Crippen LogP contribution in [0.3, 0.4) is 0 Å². The van der Waals surface area contributed by atoms with Crippen LogP contribution in [-0.4, -0.2) is 47.1 Å². The van der Waals surface area contributed by atoms with Crippen molar-refractivity contribution in [3.8, 4) is 6.01 Å². The van der Waals surface area contributed by atoms with Crippen LogP contribution in [0.5, 0.6) is 6.01 Å². The molecule has 0 bridgehead atoms. The zero-order valence-electron chi connectivity index (χ0n) is 11.5. The van der Waals surface area contributed by atoms with E-state index in [0.717, 1.165) is 0 Å². The van der Waals surface area contributed by atoms with Crippen molar-refractivity contribution >= 4 is 17.8 Å². The molecule has 0 aromatic carbocycles. The van der Waals surface area contributed by atoms with Gasteiger partial charge in [-0.15, -0.1) is 0 Å². The highest BCUT2D eigenvalue weighted by Crippen LogP contribution is 2.10. The van der Waals surface area contributed by atoms with Crippen LogP contribution in [0.1, 0.15) is 20.8 Å². The number of amides is 1. The number of anilines is 2. The van der Waals surface area contributed by atoms with Gasteiger partial charge in [-0.1, -0.05) is 0 Å². The molecule has 0 unspecified atom stereocenters. The van der Waals surface area contributed by atoms with E-state index in [4.69, 9.17) is 4.74 Å². The highest BCUT2D eigenvalue weighted by molar-refractivity contribution is 5.72. The van der Waals surface area contributed by atoms with Crippen LogP contribution in [-0.2, 0) is 4.79 Å². The van der Waals surface area contributed by atoms with Crippen molar-refractivity contribution in [1.82, 2.24) is 20.3 Å². The van der Waals surface area contributed by atoms with Gasteiger partial charge in [-0.2, -0.15) is 15.0 Å². The van der Waals surface area contributed by atoms with E-state index >= 15 is 0 Å². The van der Waals surface area contributed by atoms with Crippen molar-refractivity contribution in [2.75, 3.05) is 36.9 Å². The van der Waals surface area contributed by atoms with E-state index in [2.05, 4.69) is 30.9 Å². The van der Waals surface area contributed by atoms with Crippen LogP contribution in [0.2, 0.25) is 0 Å². The monoisotopic (exact) mass is 268 g/mol. The van der Waals surface area contributed by atoms with Gasteiger partial charge in [0, 0.05) is 26.6 Å². The quantitative estimate of drug-likeness (QED) is 0.581. The average molecular weight is 268 g/mol. The summed E-state index contributed by atoms with van der Waals surface area (Å²) >= 11 is 0. The van der Waals surface area contributed by atoms with Crippen LogP contribution >= 0.6 is 0 Å². The lowest BCUT2D eigenvalue weighted by atomic mass is 10.6. The fraction of sp³-hybridized carbons (Fsp3) is 0.636. The maximum Gasteiger partial charge on any atom is 0.323 e. The minimum Gasteiger partial charge on any atom is -0.464 e. The first kappa shape index (κ1) is 14.9. The topological polar surface area (TPSA) is 101 Å². The minimum absolute atomic E-state index is 0.0687. The van der Waals surface area contributed by atoms with Gasteiger partial charge in [-0.25, -0.2) is 0 Å². The molecule has 0 fully saturated rings. The molecule has 0 spiro atoms. The van der Waals surface area contributed by atoms with Crippen LogP contribution in [0.4, 0.5) is 11.9 Å². The summed E-state index contributed by atoms with van der Waals surface area (Å²) in [6.45, 7) is 7.51. The van der Waals surface area contributed by atoms with Gasteiger partial charge < -0.3 is 20.7 Å². The molecular weight excluding hydrogens is 248 g/mol. The van der Waals surface area contributed by atoms with E-state index in [1.807, 2.05) is 13.8 Å². The summed E-state index contributed by atoms with van der Waals surface area (Å²) < 4.78 is 5.27. The first-order chi connectivity index (χ1) is 9.15. The van der Waals surface area contributed by atoms with Crippen LogP contribution in [0, 0.1) is 0 Å². The molecule has 1 rings (SSSR count). The SMILES string of the molecule is CCNc1nc(NCCNC(C)=O)nc(OCC)n1. The lowest BCUT2D eigenvalue weighted by Crippen LogP contribution is -2.26. The van der Waals surface area contributed by atoms with Crippen molar-refractivity contribution < 1.29 is 9.53 Å². The summed E-state index contributed by atoms with van der Waals surface area (Å²) in [5.74, 6) is 0.809. The molecule has 0 aliphatic heterocycles. The van der Waals surface area contributed by atoms with E-state index in [1.54, 1.807) is 0 Å². The molecule has 0 atom stereocenters. The summed E-state index contributed by atoms with van der Waals surface area (Å²) in [4.78, 5) is 23.1. The van der Waals surface area contributed by atoms with Crippen molar-refractivity contribution in [3.05, 3.63) is 0 Å². The van der Waals surface area contributed by atoms with Gasteiger partial charge in [0.25, 0.3) is 0 Å². The molecule has 1 aromatic rings. The van der Waals surface area contributed by atoms with E-state index in [-0.39, 0.29) is 11.9 Å². The zero-order chi connectivity index (χ0) is 14.1. The summed E-state index contributed by atoms with van der Waals surface area (Å²) in [6.07, 6.45) is 0. The summed E-state index contributed by atoms with van der Waals surface area (Å²) in [5.41, 5.74) is 0. The Kier molecular flexibility index (Phi) is 6.34. The van der Waals surface area contributed by atoms with Gasteiger partial charge in [0.15, 0.2) is 0 Å². The maximum absolute atomic E-state index is 10.7. The fourth-order valence-electron chi connectivity index (χ4n) is 1.28. The molecule has 19 heavy (non-hydrogen) atoms. The Balaban J connectivity index is 2.61. The molecule has 106 valence electrons. The predicted octanol–water partition coefficient (Wildman–Crippen LogP) is 0.250. The van der Waals surface area contributed by atoms with Gasteiger partial charge >= 0.3 is 6.01 Å². The molecule has 0 aliphatic carbocycles. The van der Waals surface area contributed by atoms with Gasteiger partial charge in [-0.05, 0) is 13.8 Å². The Morgan fingerprint density at radius 2 is 1.79 bits per heavy atom. The average Bonchev–Trinajstić information content (AvgIpc) is 2.35. The number of carbonyl (C=O) groups excluding carboxylic acids is 1. The summed E-state index contributed by atoms with van der Waals surface area (Å²) in [7, 11) is 0. The normalized spacial score (nSPS) is 9.84. The zero-order valence-corrected chi connectivity index (χ0v) is 11.5. The number of nitrogens with zero attached hydrogens (tertiary/aromatic N) is 3. The number of rotatable bonds is 8. The molecule has 1 amide bonds. The van der Waals surface area contributed by atoms with Crippen LogP contribution in [0.15, 0.2) is 0 Å². The number of hydrogen-bond donors (Lipinski definition) is 3. The molecule has 0 radical (unpaired) electrons. The highest BCUT2D eigenvalue weighted by Gasteiger charge is 2.06. The van der Waals surface area contributed by atoms with Gasteiger partial charge in [0.2, 0.25) is 17.8 Å². The van der Waals surface area contributed by atoms with Crippen molar-refractivity contribution in [1.29, 1.82) is 0 Å². The molecular formula is C11H20N6O2. The lowest BCUT2D eigenvalue weighted by molar-refractivity contribution is -0.118. The Labute approximate surface area is 112 Å². The Morgan fingerprint density at radius 3 is 2.37 bits per heavy atom. The lowest BCUT2D eigenvalue weighted by Gasteiger charge is -2.09. The van der Waals surface area contributed by atoms with Crippen molar-refractivity contribution in [3.63, 3.8) is 0 Å². The Hall–Kier alpha value is -2.12. The molecule has 1 aromatic heterocycles. The summed E-state index contributed by atoms with van der Waals surface area (Å²) in [5, 5.41) is 8.68. The number of carbonyl (C=O) groups is 1. The third kappa shape index (κ3) is 5.84. The number of ether oxygens (including phenoxy) is 1. The van der Waals surface area contributed by atoms with E-state index in [0.29, 0.717) is 38.1 Å². The third-order valence-electron chi connectivity index (χ3n) is 2.01. The number of hydrogen-bond acceptors (Lipinski definition) is 7. The largest absolute Gasteiger partial charge is 0.464 e. The standard InChI is InChI=1S/C11H20N6O2/c1-4-12-9-15-10(14-7-6-13-8(3)18)17-11(16-9)19-5-2/h4-7H2,1-3H3,(H,13,18)(H2,12,14,15,16,17). The highest BCUT2D eigenvalue weighted by atomic mass is 16.5. The molecule has 0 saturated heterocycles. The van der Waals surface area contributed by atoms with Crippen molar-refractivity contribution in [2.45, 2.75) is 20.8 Å². The molecule has 0 aliphatic rings. The second kappa shape index (κ2) is 8.06. The van der Waals surface area contributed by atoms with E-state index < -0.39 is 0 Å². The van der Waals surface area contributed by atoms with E-state index in [9.17, 15) is 4.79 Å². The number of aromatic nitrogens is 3. The van der Waals surface area contributed by atoms with Gasteiger partial charge in [-0.3, -0.25) is 4.79 Å². The maximum atomic E-state index is 10.7. The predicted molar refractivity (Wildman–Crippen MR) is 72.3 cm³/mol. The smallest absolute Gasteiger partial charge is 0.323 e. The van der Waals surface area contributed by atoms with Crippen LogP contribution < -0.4 is 20.7 Å². The molecule has 8 nitrogen and oxygen atoms in total. The van der Waals surface area contributed by atoms with E-state index in [1.165, 1.54) is 6.92 Å². The Bertz CT molecular complexity index is 388. The molecule has 1 heterocycles. The second-order valence-corrected chi connectivity index (χ2v) is 3.64. The fourth-order valence-corrected chi connectivity index (χ4v) is 1.28. The second-order valence-electron chi connectivity index (χ2n) is 3.64. The van der Waals surface area contributed by atoms with Crippen LogP contribution in [0.25, 0.3) is 0 Å². The summed E-state index contributed by atoms with van der Waals surface area (Å²) in [6, 6.07) is 0.274. The first-order valence-corrected chi connectivity index (χ1v) is 6.26. The minimum atomic E-state index is -0.0687. The van der Waals surface area contributed by atoms with Crippen molar-refractivity contribution in [2.24, 2.45) is 0 Å². The molecule has 0 saturated carbocycles. The molecule has 8 heteroatoms. The Morgan fingerprint density at radius 1 is 1.11 bits per heavy atom. The third-order valence-corrected chi connectivity index (χ3v) is 2.01. The van der Waals surface area contributed by atoms with Gasteiger partial charge in [0.1, 0.15) is 0 Å². The number of nitrogens with one attached hydrogen (secondary N) is 3.